The van der Waals surface area contributed by atoms with Gasteiger partial charge in [-0.25, -0.2) is 15.0 Å². The highest BCUT2D eigenvalue weighted by Gasteiger charge is 2.35. The molecular formula is C35H34BN3O. The van der Waals surface area contributed by atoms with Crippen LogP contribution in [0.3, 0.4) is 0 Å². The van der Waals surface area contributed by atoms with Gasteiger partial charge in [0.2, 0.25) is 0 Å². The minimum Gasteiger partial charge on any atom is -0.442 e. The molecule has 4 nitrogen and oxygen atoms in total. The van der Waals surface area contributed by atoms with Crippen LogP contribution in [0, 0.1) is 5.41 Å². The number of rotatable bonds is 9. The maximum atomic E-state index is 5.58. The van der Waals surface area contributed by atoms with Crippen LogP contribution >= 0.6 is 0 Å². The first-order valence-corrected chi connectivity index (χ1v) is 13.7. The molecule has 5 aromatic rings. The molecule has 0 fully saturated rings. The second-order valence-corrected chi connectivity index (χ2v) is 11.3. The van der Waals surface area contributed by atoms with E-state index in [1.54, 1.807) is 0 Å². The molecule has 1 aromatic heterocycles. The van der Waals surface area contributed by atoms with Gasteiger partial charge in [0, 0.05) is 22.3 Å². The zero-order valence-corrected chi connectivity index (χ0v) is 23.6. The zero-order chi connectivity index (χ0) is 28.2. The van der Waals surface area contributed by atoms with Crippen LogP contribution in [0.25, 0.3) is 45.3 Å². The Bertz CT molecular complexity index is 1510. The first-order valence-electron chi connectivity index (χ1n) is 13.7. The van der Waals surface area contributed by atoms with Crippen molar-refractivity contribution in [2.45, 2.75) is 46.1 Å². The van der Waals surface area contributed by atoms with E-state index in [1.165, 1.54) is 11.1 Å². The van der Waals surface area contributed by atoms with E-state index in [-0.39, 0.29) is 5.41 Å². The maximum absolute atomic E-state index is 5.58. The fourth-order valence-electron chi connectivity index (χ4n) is 4.57. The number of aromatic nitrogens is 3. The van der Waals surface area contributed by atoms with E-state index in [9.17, 15) is 0 Å². The van der Waals surface area contributed by atoms with Crippen molar-refractivity contribution in [3.05, 3.63) is 115 Å². The second-order valence-electron chi connectivity index (χ2n) is 11.3. The molecule has 5 rings (SSSR count). The molecule has 4 aromatic carbocycles. The van der Waals surface area contributed by atoms with Crippen molar-refractivity contribution in [3.8, 4) is 45.3 Å². The van der Waals surface area contributed by atoms with Crippen LogP contribution in [0.5, 0.6) is 0 Å². The van der Waals surface area contributed by atoms with Gasteiger partial charge in [-0.1, -0.05) is 123 Å². The molecule has 0 spiro atoms. The summed E-state index contributed by atoms with van der Waals surface area (Å²) in [5.74, 6) is 1.97. The normalized spacial score (nSPS) is 11.9. The number of hydrogen-bond acceptors (Lipinski definition) is 4. The number of hydrogen-bond donors (Lipinski definition) is 0. The third-order valence-corrected chi connectivity index (χ3v) is 8.07. The Morgan fingerprint density at radius 3 is 1.50 bits per heavy atom. The highest BCUT2D eigenvalue weighted by Crippen LogP contribution is 2.37. The summed E-state index contributed by atoms with van der Waals surface area (Å²) in [5.41, 5.74) is 6.01. The molecule has 0 aliphatic carbocycles. The number of aryl methyl sites for hydroxylation is 1. The van der Waals surface area contributed by atoms with E-state index in [0.29, 0.717) is 17.5 Å². The van der Waals surface area contributed by atoms with Gasteiger partial charge in [0.25, 0.3) is 8.05 Å². The lowest BCUT2D eigenvalue weighted by Gasteiger charge is -2.41. The summed E-state index contributed by atoms with van der Waals surface area (Å²) >= 11 is 0. The van der Waals surface area contributed by atoms with Crippen molar-refractivity contribution in [2.24, 2.45) is 5.41 Å². The Morgan fingerprint density at radius 2 is 1.00 bits per heavy atom. The van der Waals surface area contributed by atoms with Crippen molar-refractivity contribution in [1.29, 1.82) is 0 Å². The van der Waals surface area contributed by atoms with Crippen LogP contribution in [0.2, 0.25) is 0 Å². The molecule has 0 saturated heterocycles. The van der Waals surface area contributed by atoms with Crippen molar-refractivity contribution in [1.82, 2.24) is 15.0 Å². The molecule has 0 amide bonds. The first-order chi connectivity index (χ1) is 19.3. The van der Waals surface area contributed by atoms with E-state index in [0.717, 1.165) is 35.1 Å². The molecule has 40 heavy (non-hydrogen) atoms. The van der Waals surface area contributed by atoms with Gasteiger partial charge in [-0.3, -0.25) is 0 Å². The molecule has 0 bridgehead atoms. The van der Waals surface area contributed by atoms with E-state index in [4.69, 9.17) is 27.7 Å². The Labute approximate surface area is 239 Å². The lowest BCUT2D eigenvalue weighted by Crippen LogP contribution is -2.41. The molecular weight excluding hydrogens is 489 g/mol. The standard InChI is InChI=1S/C35H34BN3O/c1-34(2,35(3,4)40-36)23-22-25-12-11-17-30(24-25)26-18-20-29(21-19-26)33-38-31(27-13-7-5-8-14-27)37-32(39-33)28-15-9-6-10-16-28/h5-21,24H,22-23H2,1-4H3. The quantitative estimate of drug-likeness (QED) is 0.182. The third-order valence-electron chi connectivity index (χ3n) is 8.07. The average Bonchev–Trinajstić information content (AvgIpc) is 3.01. The Kier molecular flexibility index (Phi) is 7.95. The molecule has 198 valence electrons. The van der Waals surface area contributed by atoms with Crippen LogP contribution in [-0.2, 0) is 11.1 Å². The minimum absolute atomic E-state index is 0.0683. The Morgan fingerprint density at radius 1 is 0.550 bits per heavy atom. The van der Waals surface area contributed by atoms with E-state index in [1.807, 2.05) is 74.5 Å². The molecule has 0 saturated carbocycles. The minimum atomic E-state index is -0.407. The fraction of sp³-hybridized carbons (Fsp3) is 0.229. The number of nitrogens with zero attached hydrogens (tertiary/aromatic N) is 3. The molecule has 0 aliphatic rings. The SMILES string of the molecule is [B]OC(C)(C)C(C)(C)CCc1cccc(-c2ccc(-c3nc(-c4ccccc4)nc(-c4ccccc4)n3)cc2)c1. The van der Waals surface area contributed by atoms with E-state index < -0.39 is 5.60 Å². The summed E-state index contributed by atoms with van der Waals surface area (Å²) in [6.07, 6.45) is 1.91. The van der Waals surface area contributed by atoms with Gasteiger partial charge in [0.15, 0.2) is 17.5 Å². The maximum Gasteiger partial charge on any atom is 0.283 e. The smallest absolute Gasteiger partial charge is 0.283 e. The van der Waals surface area contributed by atoms with Gasteiger partial charge in [0.05, 0.1) is 0 Å². The predicted octanol–water partition coefficient (Wildman–Crippen LogP) is 8.38. The van der Waals surface area contributed by atoms with Crippen LogP contribution in [0.4, 0.5) is 0 Å². The van der Waals surface area contributed by atoms with Crippen molar-refractivity contribution >= 4 is 8.05 Å². The second kappa shape index (κ2) is 11.6. The van der Waals surface area contributed by atoms with Crippen LogP contribution in [0.15, 0.2) is 109 Å². The van der Waals surface area contributed by atoms with Crippen LogP contribution in [0.1, 0.15) is 39.7 Å². The first kappa shape index (κ1) is 27.5. The van der Waals surface area contributed by atoms with Crippen molar-refractivity contribution in [3.63, 3.8) is 0 Å². The molecule has 0 atom stereocenters. The van der Waals surface area contributed by atoms with Crippen LogP contribution < -0.4 is 0 Å². The fourth-order valence-corrected chi connectivity index (χ4v) is 4.57. The summed E-state index contributed by atoms with van der Waals surface area (Å²) < 4.78 is 5.28. The van der Waals surface area contributed by atoms with Gasteiger partial charge in [-0.15, -0.1) is 0 Å². The largest absolute Gasteiger partial charge is 0.442 e. The molecule has 1 heterocycles. The van der Waals surface area contributed by atoms with Crippen molar-refractivity contribution < 1.29 is 4.65 Å². The highest BCUT2D eigenvalue weighted by molar-refractivity contribution is 5.98. The van der Waals surface area contributed by atoms with Gasteiger partial charge in [0.1, 0.15) is 0 Å². The number of benzene rings is 4. The van der Waals surface area contributed by atoms with Crippen molar-refractivity contribution in [2.75, 3.05) is 0 Å². The van der Waals surface area contributed by atoms with E-state index in [2.05, 4.69) is 62.4 Å². The summed E-state index contributed by atoms with van der Waals surface area (Å²) in [5, 5.41) is 0. The van der Waals surface area contributed by atoms with Gasteiger partial charge < -0.3 is 4.65 Å². The predicted molar refractivity (Wildman–Crippen MR) is 165 cm³/mol. The Balaban J connectivity index is 1.42. The summed E-state index contributed by atoms with van der Waals surface area (Å²) in [6, 6.07) is 37.3. The van der Waals surface area contributed by atoms with Gasteiger partial charge >= 0.3 is 0 Å². The lowest BCUT2D eigenvalue weighted by molar-refractivity contribution is -0.00930. The monoisotopic (exact) mass is 523 g/mol. The summed E-state index contributed by atoms with van der Waals surface area (Å²) in [7, 11) is 5.58. The highest BCUT2D eigenvalue weighted by atomic mass is 16.4. The van der Waals surface area contributed by atoms with E-state index >= 15 is 0 Å². The molecule has 0 unspecified atom stereocenters. The van der Waals surface area contributed by atoms with Gasteiger partial charge in [-0.2, -0.15) is 0 Å². The lowest BCUT2D eigenvalue weighted by atomic mass is 9.73. The third kappa shape index (κ3) is 6.05. The zero-order valence-electron chi connectivity index (χ0n) is 23.6. The molecule has 0 N–H and O–H groups in total. The summed E-state index contributed by atoms with van der Waals surface area (Å²) in [4.78, 5) is 14.5. The summed E-state index contributed by atoms with van der Waals surface area (Å²) in [6.45, 7) is 8.50. The molecule has 2 radical (unpaired) electrons. The van der Waals surface area contributed by atoms with Gasteiger partial charge in [-0.05, 0) is 48.8 Å². The average molecular weight is 523 g/mol. The topological polar surface area (TPSA) is 47.9 Å². The van der Waals surface area contributed by atoms with Crippen LogP contribution in [-0.4, -0.2) is 28.6 Å². The molecule has 0 aliphatic heterocycles. The molecule has 5 heteroatoms. The Hall–Kier alpha value is -4.09.